The molecule has 4 aromatic rings. The summed E-state index contributed by atoms with van der Waals surface area (Å²) in [6.45, 7) is 0. The minimum atomic E-state index is -0.210. The van der Waals surface area contributed by atoms with Gasteiger partial charge in [-0.1, -0.05) is 39.4 Å². The molecule has 4 rings (SSSR count). The van der Waals surface area contributed by atoms with E-state index in [2.05, 4.69) is 26.0 Å². The van der Waals surface area contributed by atoms with Crippen LogP contribution in [-0.2, 0) is 0 Å². The Morgan fingerprint density at radius 2 is 1.96 bits per heavy atom. The van der Waals surface area contributed by atoms with E-state index >= 15 is 0 Å². The number of rotatable bonds is 4. The van der Waals surface area contributed by atoms with E-state index in [9.17, 15) is 4.79 Å². The molecular formula is C19H14BrN3O3S. The molecule has 2 aromatic carbocycles. The summed E-state index contributed by atoms with van der Waals surface area (Å²) < 4.78 is 13.3. The van der Waals surface area contributed by atoms with E-state index in [1.807, 2.05) is 36.4 Å². The molecule has 8 heteroatoms. The second-order valence-corrected chi connectivity index (χ2v) is 7.50. The van der Waals surface area contributed by atoms with Crippen LogP contribution in [0.5, 0.6) is 11.5 Å². The normalized spacial score (nSPS) is 11.9. The van der Waals surface area contributed by atoms with Gasteiger partial charge < -0.3 is 9.47 Å². The standard InChI is InChI=1S/C19H14BrN3O3S/c1-25-12-8-7-11(15(10-12)26-2)9-16-18(24)23-19(27-16)21-17(22-23)13-5-3-4-6-14(13)20/h3-10H,1-2H3/b16-9-. The SMILES string of the molecule is COc1ccc(/C=c2\sc3nc(-c4ccccc4Br)nn3c2=O)c(OC)c1. The predicted molar refractivity (Wildman–Crippen MR) is 109 cm³/mol. The quantitative estimate of drug-likeness (QED) is 0.484. The van der Waals surface area contributed by atoms with Crippen molar-refractivity contribution in [3.8, 4) is 22.9 Å². The summed E-state index contributed by atoms with van der Waals surface area (Å²) in [5.74, 6) is 1.83. The van der Waals surface area contributed by atoms with Crippen LogP contribution in [0.2, 0.25) is 0 Å². The molecule has 27 heavy (non-hydrogen) atoms. The summed E-state index contributed by atoms with van der Waals surface area (Å²) in [5, 5.41) is 4.38. The lowest BCUT2D eigenvalue weighted by Gasteiger charge is -2.06. The summed E-state index contributed by atoms with van der Waals surface area (Å²) in [4.78, 5) is 17.8. The van der Waals surface area contributed by atoms with Crippen LogP contribution in [0.4, 0.5) is 0 Å². The minimum Gasteiger partial charge on any atom is -0.497 e. The largest absolute Gasteiger partial charge is 0.497 e. The van der Waals surface area contributed by atoms with Crippen molar-refractivity contribution >= 4 is 38.3 Å². The highest BCUT2D eigenvalue weighted by Crippen LogP contribution is 2.26. The number of aromatic nitrogens is 3. The highest BCUT2D eigenvalue weighted by Gasteiger charge is 2.14. The third-order valence-corrected chi connectivity index (χ3v) is 5.67. The molecule has 0 aliphatic carbocycles. The predicted octanol–water partition coefficient (Wildman–Crippen LogP) is 3.15. The first-order valence-electron chi connectivity index (χ1n) is 7.99. The molecule has 6 nitrogen and oxygen atoms in total. The maximum atomic E-state index is 12.7. The molecule has 0 atom stereocenters. The Balaban J connectivity index is 1.82. The van der Waals surface area contributed by atoms with E-state index < -0.39 is 0 Å². The summed E-state index contributed by atoms with van der Waals surface area (Å²) in [6, 6.07) is 13.1. The van der Waals surface area contributed by atoms with E-state index in [4.69, 9.17) is 9.47 Å². The van der Waals surface area contributed by atoms with Gasteiger partial charge in [-0.25, -0.2) is 0 Å². The third kappa shape index (κ3) is 3.22. The van der Waals surface area contributed by atoms with Gasteiger partial charge in [-0.05, 0) is 30.3 Å². The zero-order valence-corrected chi connectivity index (χ0v) is 16.9. The molecule has 2 heterocycles. The van der Waals surface area contributed by atoms with Crippen molar-refractivity contribution < 1.29 is 9.47 Å². The van der Waals surface area contributed by atoms with Gasteiger partial charge in [0.2, 0.25) is 4.96 Å². The number of nitrogens with zero attached hydrogens (tertiary/aromatic N) is 3. The van der Waals surface area contributed by atoms with Crippen LogP contribution in [0.1, 0.15) is 5.56 Å². The Hall–Kier alpha value is -2.71. The average Bonchev–Trinajstić information content (AvgIpc) is 3.22. The fourth-order valence-electron chi connectivity index (χ4n) is 2.67. The molecule has 0 fully saturated rings. The van der Waals surface area contributed by atoms with Gasteiger partial charge in [0, 0.05) is 21.7 Å². The number of methoxy groups -OCH3 is 2. The highest BCUT2D eigenvalue weighted by molar-refractivity contribution is 9.10. The Kier molecular flexibility index (Phi) is 4.67. The molecule has 0 aliphatic rings. The van der Waals surface area contributed by atoms with Gasteiger partial charge in [-0.2, -0.15) is 9.50 Å². The van der Waals surface area contributed by atoms with Crippen molar-refractivity contribution in [3.63, 3.8) is 0 Å². The lowest BCUT2D eigenvalue weighted by molar-refractivity contribution is 0.393. The van der Waals surface area contributed by atoms with Crippen LogP contribution in [0.25, 0.3) is 22.4 Å². The number of thiazole rings is 1. The molecular weight excluding hydrogens is 430 g/mol. The van der Waals surface area contributed by atoms with E-state index in [1.165, 1.54) is 15.9 Å². The Bertz CT molecular complexity index is 1250. The first-order chi connectivity index (χ1) is 13.1. The number of hydrogen-bond donors (Lipinski definition) is 0. The van der Waals surface area contributed by atoms with Crippen molar-refractivity contribution in [3.05, 3.63) is 67.4 Å². The van der Waals surface area contributed by atoms with Crippen LogP contribution < -0.4 is 19.6 Å². The first-order valence-corrected chi connectivity index (χ1v) is 9.60. The molecule has 136 valence electrons. The molecule has 0 radical (unpaired) electrons. The van der Waals surface area contributed by atoms with Crippen molar-refractivity contribution in [1.82, 2.24) is 14.6 Å². The lowest BCUT2D eigenvalue weighted by atomic mass is 10.2. The van der Waals surface area contributed by atoms with Crippen molar-refractivity contribution in [1.29, 1.82) is 0 Å². The fourth-order valence-corrected chi connectivity index (χ4v) is 4.03. The molecule has 0 saturated heterocycles. The van der Waals surface area contributed by atoms with Gasteiger partial charge in [0.15, 0.2) is 5.82 Å². The van der Waals surface area contributed by atoms with E-state index in [-0.39, 0.29) is 5.56 Å². The molecule has 0 unspecified atom stereocenters. The molecule has 0 aliphatic heterocycles. The van der Waals surface area contributed by atoms with E-state index in [1.54, 1.807) is 26.4 Å². The summed E-state index contributed by atoms with van der Waals surface area (Å²) in [7, 11) is 3.17. The third-order valence-electron chi connectivity index (χ3n) is 4.02. The van der Waals surface area contributed by atoms with Gasteiger partial charge in [0.25, 0.3) is 5.56 Å². The lowest BCUT2D eigenvalue weighted by Crippen LogP contribution is -2.23. The summed E-state index contributed by atoms with van der Waals surface area (Å²) in [6.07, 6.45) is 1.78. The zero-order chi connectivity index (χ0) is 19.0. The van der Waals surface area contributed by atoms with Gasteiger partial charge in [-0.15, -0.1) is 5.10 Å². The first kappa shape index (κ1) is 17.7. The van der Waals surface area contributed by atoms with Gasteiger partial charge in [0.1, 0.15) is 11.5 Å². The molecule has 0 amide bonds. The van der Waals surface area contributed by atoms with E-state index in [0.29, 0.717) is 26.8 Å². The zero-order valence-electron chi connectivity index (χ0n) is 14.5. The van der Waals surface area contributed by atoms with Crippen molar-refractivity contribution in [2.45, 2.75) is 0 Å². The molecule has 2 aromatic heterocycles. The number of fused-ring (bicyclic) bond motifs is 1. The second-order valence-electron chi connectivity index (χ2n) is 5.63. The molecule has 0 saturated carbocycles. The second kappa shape index (κ2) is 7.13. The van der Waals surface area contributed by atoms with Crippen LogP contribution in [0, 0.1) is 0 Å². The number of ether oxygens (including phenoxy) is 2. The van der Waals surface area contributed by atoms with E-state index in [0.717, 1.165) is 15.6 Å². The van der Waals surface area contributed by atoms with Crippen LogP contribution in [-0.4, -0.2) is 28.8 Å². The van der Waals surface area contributed by atoms with Crippen LogP contribution in [0.15, 0.2) is 51.7 Å². The topological polar surface area (TPSA) is 65.7 Å². The smallest absolute Gasteiger partial charge is 0.291 e. The van der Waals surface area contributed by atoms with Gasteiger partial charge in [0.05, 0.1) is 18.8 Å². The Labute approximate surface area is 166 Å². The maximum Gasteiger partial charge on any atom is 0.291 e. The number of benzene rings is 2. The summed E-state index contributed by atoms with van der Waals surface area (Å²) in [5.41, 5.74) is 1.42. The highest BCUT2D eigenvalue weighted by atomic mass is 79.9. The minimum absolute atomic E-state index is 0.210. The molecule has 0 spiro atoms. The number of hydrogen-bond acceptors (Lipinski definition) is 6. The van der Waals surface area contributed by atoms with Crippen molar-refractivity contribution in [2.75, 3.05) is 14.2 Å². The Morgan fingerprint density at radius 1 is 1.15 bits per heavy atom. The van der Waals surface area contributed by atoms with Crippen molar-refractivity contribution in [2.24, 2.45) is 0 Å². The van der Waals surface area contributed by atoms with Crippen LogP contribution >= 0.6 is 27.3 Å². The summed E-state index contributed by atoms with van der Waals surface area (Å²) >= 11 is 4.78. The number of halogens is 1. The van der Waals surface area contributed by atoms with Crippen LogP contribution in [0.3, 0.4) is 0 Å². The fraction of sp³-hybridized carbons (Fsp3) is 0.105. The van der Waals surface area contributed by atoms with Gasteiger partial charge in [-0.3, -0.25) is 4.79 Å². The monoisotopic (exact) mass is 443 g/mol. The van der Waals surface area contributed by atoms with Gasteiger partial charge >= 0.3 is 0 Å². The average molecular weight is 444 g/mol. The molecule has 0 N–H and O–H groups in total. The maximum absolute atomic E-state index is 12.7. The Morgan fingerprint density at radius 3 is 2.67 bits per heavy atom. The molecule has 0 bridgehead atoms.